The third-order valence-electron chi connectivity index (χ3n) is 2.74. The Morgan fingerprint density at radius 2 is 1.65 bits per heavy atom. The summed E-state index contributed by atoms with van der Waals surface area (Å²) < 4.78 is 76.5. The summed E-state index contributed by atoms with van der Waals surface area (Å²) in [5.41, 5.74) is -1.24. The Balaban J connectivity index is 2.23. The van der Waals surface area contributed by atoms with Gasteiger partial charge in [-0.15, -0.1) is 0 Å². The molecule has 1 aromatic carbocycles. The molecule has 124 valence electrons. The van der Waals surface area contributed by atoms with Crippen LogP contribution in [0.4, 0.5) is 33.3 Å². The van der Waals surface area contributed by atoms with E-state index in [9.17, 15) is 22.0 Å². The number of anilines is 2. The van der Waals surface area contributed by atoms with E-state index < -0.39 is 35.0 Å². The predicted molar refractivity (Wildman–Crippen MR) is 71.1 cm³/mol. The highest BCUT2D eigenvalue weighted by atomic mass is 19.2. The van der Waals surface area contributed by atoms with Gasteiger partial charge >= 0.3 is 0 Å². The second-order valence-corrected chi connectivity index (χ2v) is 4.31. The fourth-order valence-electron chi connectivity index (χ4n) is 1.67. The minimum Gasteiger partial charge on any atom is -0.488 e. The highest BCUT2D eigenvalue weighted by Crippen LogP contribution is 2.28. The summed E-state index contributed by atoms with van der Waals surface area (Å²) in [6, 6.07) is 3.27. The molecule has 1 heterocycles. The van der Waals surface area contributed by atoms with Crippen LogP contribution in [0.5, 0.6) is 5.75 Å². The average Bonchev–Trinajstić information content (AvgIpc) is 2.52. The molecule has 9 heteroatoms. The molecule has 4 nitrogen and oxygen atoms in total. The maximum Gasteiger partial charge on any atom is 0.253 e. The minimum atomic E-state index is -1.81. The molecule has 0 saturated heterocycles. The van der Waals surface area contributed by atoms with Crippen molar-refractivity contribution in [3.8, 4) is 5.75 Å². The number of hydrogen-bond acceptors (Lipinski definition) is 4. The van der Waals surface area contributed by atoms with Crippen molar-refractivity contribution in [1.29, 1.82) is 0 Å². The Morgan fingerprint density at radius 1 is 1.00 bits per heavy atom. The molecular weight excluding hydrogens is 323 g/mol. The summed E-state index contributed by atoms with van der Waals surface area (Å²) >= 11 is 0. The van der Waals surface area contributed by atoms with Gasteiger partial charge in [0.2, 0.25) is 11.6 Å². The summed E-state index contributed by atoms with van der Waals surface area (Å²) in [7, 11) is 1.45. The molecule has 1 aromatic heterocycles. The molecule has 0 saturated carbocycles. The van der Waals surface area contributed by atoms with Gasteiger partial charge in [0.15, 0.2) is 11.6 Å². The van der Waals surface area contributed by atoms with Gasteiger partial charge < -0.3 is 14.8 Å². The third-order valence-corrected chi connectivity index (χ3v) is 2.74. The fraction of sp³-hybridized carbons (Fsp3) is 0.214. The molecule has 1 N–H and O–H groups in total. The molecule has 0 fully saturated rings. The Labute approximate surface area is 127 Å². The van der Waals surface area contributed by atoms with Gasteiger partial charge in [0.25, 0.3) is 11.9 Å². The van der Waals surface area contributed by atoms with Gasteiger partial charge in [0, 0.05) is 18.9 Å². The van der Waals surface area contributed by atoms with Crippen molar-refractivity contribution in [2.75, 3.05) is 25.6 Å². The summed E-state index contributed by atoms with van der Waals surface area (Å²) in [4.78, 5) is 2.42. The van der Waals surface area contributed by atoms with Crippen molar-refractivity contribution in [1.82, 2.24) is 4.98 Å². The first-order valence-corrected chi connectivity index (χ1v) is 6.32. The van der Waals surface area contributed by atoms with Crippen LogP contribution in [0, 0.1) is 29.3 Å². The maximum absolute atomic E-state index is 13.8. The molecule has 0 unspecified atom stereocenters. The molecular formula is C14H11F5N2O2. The standard InChI is InChI=1S/C14H11F5N2O2/c1-22-4-5-23-9-3-2-7(6-8(9)15)20-12-10(16)13(18)21-14(19)11(12)17/h2-3,6H,4-5H2,1H3,(H,20,21). The monoisotopic (exact) mass is 334 g/mol. The van der Waals surface area contributed by atoms with Crippen LogP contribution in [0.25, 0.3) is 0 Å². The molecule has 2 aromatic rings. The number of nitrogens with one attached hydrogen (secondary N) is 1. The van der Waals surface area contributed by atoms with Crippen LogP contribution in [-0.2, 0) is 4.74 Å². The Kier molecular flexibility index (Phi) is 5.32. The number of nitrogens with zero attached hydrogens (tertiary/aromatic N) is 1. The number of methoxy groups -OCH3 is 1. The first-order chi connectivity index (χ1) is 10.9. The quantitative estimate of drug-likeness (QED) is 0.498. The molecule has 0 aliphatic carbocycles. The minimum absolute atomic E-state index is 0.101. The normalized spacial score (nSPS) is 10.7. The van der Waals surface area contributed by atoms with Crippen molar-refractivity contribution >= 4 is 11.4 Å². The van der Waals surface area contributed by atoms with Crippen LogP contribution in [-0.4, -0.2) is 25.3 Å². The lowest BCUT2D eigenvalue weighted by molar-refractivity contribution is 0.144. The zero-order valence-electron chi connectivity index (χ0n) is 11.8. The maximum atomic E-state index is 13.8. The number of aromatic nitrogens is 1. The fourth-order valence-corrected chi connectivity index (χ4v) is 1.67. The molecule has 0 spiro atoms. The van der Waals surface area contributed by atoms with Gasteiger partial charge in [-0.25, -0.2) is 4.39 Å². The Morgan fingerprint density at radius 3 is 2.22 bits per heavy atom. The van der Waals surface area contributed by atoms with Crippen LogP contribution in [0.2, 0.25) is 0 Å². The van der Waals surface area contributed by atoms with Gasteiger partial charge in [-0.2, -0.15) is 22.5 Å². The number of pyridine rings is 1. The first kappa shape index (κ1) is 16.9. The van der Waals surface area contributed by atoms with Crippen LogP contribution in [0.15, 0.2) is 18.2 Å². The van der Waals surface area contributed by atoms with Gasteiger partial charge in [-0.1, -0.05) is 0 Å². The van der Waals surface area contributed by atoms with Crippen molar-refractivity contribution in [2.24, 2.45) is 0 Å². The first-order valence-electron chi connectivity index (χ1n) is 6.32. The summed E-state index contributed by atoms with van der Waals surface area (Å²) in [5, 5.41) is 2.07. The van der Waals surface area contributed by atoms with Crippen LogP contribution in [0.3, 0.4) is 0 Å². The van der Waals surface area contributed by atoms with E-state index in [-0.39, 0.29) is 24.7 Å². The van der Waals surface area contributed by atoms with E-state index in [2.05, 4.69) is 10.3 Å². The summed E-state index contributed by atoms with van der Waals surface area (Å²) in [6.07, 6.45) is 0. The Hall–Kier alpha value is -2.42. The van der Waals surface area contributed by atoms with Crippen molar-refractivity contribution in [3.05, 3.63) is 47.5 Å². The highest BCUT2D eigenvalue weighted by Gasteiger charge is 2.21. The molecule has 2 rings (SSSR count). The lowest BCUT2D eigenvalue weighted by Crippen LogP contribution is -2.07. The van der Waals surface area contributed by atoms with Gasteiger partial charge in [-0.05, 0) is 12.1 Å². The number of hydrogen-bond donors (Lipinski definition) is 1. The van der Waals surface area contributed by atoms with Gasteiger partial charge in [0.1, 0.15) is 12.3 Å². The number of ether oxygens (including phenoxy) is 2. The lowest BCUT2D eigenvalue weighted by Gasteiger charge is -2.11. The second kappa shape index (κ2) is 7.23. The smallest absolute Gasteiger partial charge is 0.253 e. The van der Waals surface area contributed by atoms with E-state index in [4.69, 9.17) is 9.47 Å². The predicted octanol–water partition coefficient (Wildman–Crippen LogP) is 3.55. The highest BCUT2D eigenvalue weighted by molar-refractivity contribution is 5.61. The topological polar surface area (TPSA) is 43.4 Å². The zero-order valence-corrected chi connectivity index (χ0v) is 11.8. The van der Waals surface area contributed by atoms with Gasteiger partial charge in [0.05, 0.1) is 6.61 Å². The van der Waals surface area contributed by atoms with E-state index in [1.165, 1.54) is 19.2 Å². The largest absolute Gasteiger partial charge is 0.488 e. The van der Waals surface area contributed by atoms with Crippen molar-refractivity contribution in [2.45, 2.75) is 0 Å². The molecule has 0 aliphatic heterocycles. The van der Waals surface area contributed by atoms with E-state index in [0.717, 1.165) is 6.07 Å². The number of halogens is 5. The number of rotatable bonds is 6. The molecule has 0 amide bonds. The summed E-state index contributed by atoms with van der Waals surface area (Å²) in [6.45, 7) is 0.343. The molecule has 0 radical (unpaired) electrons. The molecule has 23 heavy (non-hydrogen) atoms. The molecule has 0 bridgehead atoms. The van der Waals surface area contributed by atoms with E-state index in [0.29, 0.717) is 0 Å². The third kappa shape index (κ3) is 3.86. The van der Waals surface area contributed by atoms with E-state index in [1.807, 2.05) is 0 Å². The molecule has 0 atom stereocenters. The SMILES string of the molecule is COCCOc1ccc(Nc2c(F)c(F)nc(F)c2F)cc1F. The Bertz CT molecular complexity index is 686. The van der Waals surface area contributed by atoms with Crippen molar-refractivity contribution < 1.29 is 31.4 Å². The molecule has 0 aliphatic rings. The average molecular weight is 334 g/mol. The van der Waals surface area contributed by atoms with E-state index in [1.54, 1.807) is 0 Å². The van der Waals surface area contributed by atoms with Crippen molar-refractivity contribution in [3.63, 3.8) is 0 Å². The van der Waals surface area contributed by atoms with Crippen LogP contribution >= 0.6 is 0 Å². The number of benzene rings is 1. The summed E-state index contributed by atoms with van der Waals surface area (Å²) in [5.74, 6) is -8.00. The van der Waals surface area contributed by atoms with Crippen LogP contribution in [0.1, 0.15) is 0 Å². The van der Waals surface area contributed by atoms with Crippen LogP contribution < -0.4 is 10.1 Å². The zero-order chi connectivity index (χ0) is 17.0. The lowest BCUT2D eigenvalue weighted by atomic mass is 10.2. The second-order valence-electron chi connectivity index (χ2n) is 4.31. The van der Waals surface area contributed by atoms with Gasteiger partial charge in [-0.3, -0.25) is 0 Å². The van der Waals surface area contributed by atoms with E-state index >= 15 is 0 Å².